The first-order valence-corrected chi connectivity index (χ1v) is 6.68. The predicted octanol–water partition coefficient (Wildman–Crippen LogP) is 1.46. The lowest BCUT2D eigenvalue weighted by Gasteiger charge is -2.08. The summed E-state index contributed by atoms with van der Waals surface area (Å²) in [6.07, 6.45) is 1.36. The van der Waals surface area contributed by atoms with Crippen molar-refractivity contribution in [3.8, 4) is 11.8 Å². The van der Waals surface area contributed by atoms with Crippen molar-refractivity contribution in [2.75, 3.05) is 4.72 Å². The molecule has 7 heteroatoms. The van der Waals surface area contributed by atoms with Crippen LogP contribution in [0.3, 0.4) is 0 Å². The number of nitrogens with zero attached hydrogens (tertiary/aromatic N) is 2. The van der Waals surface area contributed by atoms with E-state index in [1.807, 2.05) is 6.07 Å². The fourth-order valence-electron chi connectivity index (χ4n) is 1.37. The molecule has 0 aliphatic carbocycles. The molecule has 0 atom stereocenters. The number of anilines is 1. The quantitative estimate of drug-likeness (QED) is 0.882. The van der Waals surface area contributed by atoms with E-state index >= 15 is 0 Å². The van der Waals surface area contributed by atoms with Crippen LogP contribution in [0.25, 0.3) is 0 Å². The Morgan fingerprint density at radius 1 is 1.21 bits per heavy atom. The van der Waals surface area contributed by atoms with Gasteiger partial charge < -0.3 is 5.11 Å². The molecule has 0 fully saturated rings. The Hall–Kier alpha value is -2.59. The van der Waals surface area contributed by atoms with E-state index in [1.54, 1.807) is 0 Å². The number of pyridine rings is 1. The Balaban J connectivity index is 2.33. The smallest absolute Gasteiger partial charge is 0.263 e. The van der Waals surface area contributed by atoms with Crippen LogP contribution in [0, 0.1) is 11.3 Å². The van der Waals surface area contributed by atoms with Crippen molar-refractivity contribution in [3.05, 3.63) is 48.2 Å². The van der Waals surface area contributed by atoms with Gasteiger partial charge in [0.15, 0.2) is 11.6 Å². The van der Waals surface area contributed by atoms with Gasteiger partial charge in [-0.3, -0.25) is 4.72 Å². The molecule has 0 unspecified atom stereocenters. The minimum absolute atomic E-state index is 0.0171. The van der Waals surface area contributed by atoms with Crippen molar-refractivity contribution < 1.29 is 13.5 Å². The molecule has 0 amide bonds. The van der Waals surface area contributed by atoms with Gasteiger partial charge in [-0.25, -0.2) is 13.4 Å². The number of nitriles is 1. The van der Waals surface area contributed by atoms with Crippen LogP contribution in [-0.4, -0.2) is 18.5 Å². The summed E-state index contributed by atoms with van der Waals surface area (Å²) in [5.41, 5.74) is 0.361. The molecule has 2 rings (SSSR count). The molecule has 0 bridgehead atoms. The second-order valence-corrected chi connectivity index (χ2v) is 5.30. The van der Waals surface area contributed by atoms with Gasteiger partial charge in [0.2, 0.25) is 0 Å². The van der Waals surface area contributed by atoms with Crippen molar-refractivity contribution in [2.45, 2.75) is 4.90 Å². The van der Waals surface area contributed by atoms with Crippen LogP contribution in [-0.2, 0) is 10.0 Å². The summed E-state index contributed by atoms with van der Waals surface area (Å²) in [6, 6.07) is 10.1. The van der Waals surface area contributed by atoms with Crippen molar-refractivity contribution >= 4 is 15.8 Å². The lowest BCUT2D eigenvalue weighted by Crippen LogP contribution is -2.13. The van der Waals surface area contributed by atoms with E-state index in [4.69, 9.17) is 5.26 Å². The van der Waals surface area contributed by atoms with Gasteiger partial charge in [-0.05, 0) is 36.4 Å². The number of nitrogens with one attached hydrogen (secondary N) is 1. The van der Waals surface area contributed by atoms with E-state index in [-0.39, 0.29) is 16.5 Å². The van der Waals surface area contributed by atoms with E-state index in [0.717, 1.165) is 0 Å². The summed E-state index contributed by atoms with van der Waals surface area (Å²) in [5.74, 6) is -0.411. The summed E-state index contributed by atoms with van der Waals surface area (Å²) in [6.45, 7) is 0. The molecule has 0 spiro atoms. The maximum Gasteiger partial charge on any atom is 0.263 e. The Bertz CT molecular complexity index is 734. The molecule has 6 nitrogen and oxygen atoms in total. The van der Waals surface area contributed by atoms with Crippen molar-refractivity contribution in [2.24, 2.45) is 0 Å². The summed E-state index contributed by atoms with van der Waals surface area (Å²) in [5, 5.41) is 18.1. The SMILES string of the molecule is N#Cc1ccc(S(=O)(=O)Nc2ncccc2O)cc1. The number of aromatic nitrogens is 1. The fourth-order valence-corrected chi connectivity index (χ4v) is 2.39. The van der Waals surface area contributed by atoms with E-state index in [9.17, 15) is 13.5 Å². The minimum Gasteiger partial charge on any atom is -0.504 e. The van der Waals surface area contributed by atoms with Crippen LogP contribution in [0.5, 0.6) is 5.75 Å². The Labute approximate surface area is 110 Å². The van der Waals surface area contributed by atoms with Crippen LogP contribution in [0.1, 0.15) is 5.56 Å². The second-order valence-electron chi connectivity index (χ2n) is 3.61. The van der Waals surface area contributed by atoms with Crippen LogP contribution in [0.15, 0.2) is 47.5 Å². The van der Waals surface area contributed by atoms with Gasteiger partial charge in [0.1, 0.15) is 0 Å². The zero-order chi connectivity index (χ0) is 13.9. The van der Waals surface area contributed by atoms with Crippen molar-refractivity contribution in [1.29, 1.82) is 5.26 Å². The number of rotatable bonds is 3. The fraction of sp³-hybridized carbons (Fsp3) is 0. The van der Waals surface area contributed by atoms with Gasteiger partial charge in [0.25, 0.3) is 10.0 Å². The first-order chi connectivity index (χ1) is 9.03. The Kier molecular flexibility index (Phi) is 3.35. The van der Waals surface area contributed by atoms with Gasteiger partial charge in [-0.15, -0.1) is 0 Å². The predicted molar refractivity (Wildman–Crippen MR) is 67.9 cm³/mol. The molecule has 19 heavy (non-hydrogen) atoms. The maximum absolute atomic E-state index is 12.0. The van der Waals surface area contributed by atoms with Gasteiger partial charge in [-0.1, -0.05) is 0 Å². The average molecular weight is 275 g/mol. The van der Waals surface area contributed by atoms with E-state index < -0.39 is 10.0 Å². The molecule has 0 saturated carbocycles. The van der Waals surface area contributed by atoms with E-state index in [0.29, 0.717) is 5.56 Å². The highest BCUT2D eigenvalue weighted by atomic mass is 32.2. The topological polar surface area (TPSA) is 103 Å². The summed E-state index contributed by atoms with van der Waals surface area (Å²) < 4.78 is 26.2. The third-order valence-corrected chi connectivity index (χ3v) is 3.67. The first kappa shape index (κ1) is 12.9. The van der Waals surface area contributed by atoms with Crippen LogP contribution in [0.2, 0.25) is 0 Å². The molecule has 96 valence electrons. The number of sulfonamides is 1. The zero-order valence-electron chi connectivity index (χ0n) is 9.61. The van der Waals surface area contributed by atoms with Crippen molar-refractivity contribution in [3.63, 3.8) is 0 Å². The molecule has 0 radical (unpaired) electrons. The highest BCUT2D eigenvalue weighted by molar-refractivity contribution is 7.92. The molecule has 0 saturated heterocycles. The van der Waals surface area contributed by atoms with E-state index in [2.05, 4.69) is 9.71 Å². The molecule has 0 aliphatic rings. The first-order valence-electron chi connectivity index (χ1n) is 5.20. The minimum atomic E-state index is -3.84. The molecule has 0 aliphatic heterocycles. The molecule has 1 heterocycles. The second kappa shape index (κ2) is 4.96. The lowest BCUT2D eigenvalue weighted by atomic mass is 10.2. The molecular formula is C12H9N3O3S. The monoisotopic (exact) mass is 275 g/mol. The van der Waals surface area contributed by atoms with Crippen LogP contribution in [0.4, 0.5) is 5.82 Å². The summed E-state index contributed by atoms with van der Waals surface area (Å²) >= 11 is 0. The number of hydrogen-bond donors (Lipinski definition) is 2. The van der Waals surface area contributed by atoms with Gasteiger partial charge in [0, 0.05) is 6.20 Å². The Morgan fingerprint density at radius 2 is 1.89 bits per heavy atom. The normalized spacial score (nSPS) is 10.7. The Morgan fingerprint density at radius 3 is 2.47 bits per heavy atom. The number of aromatic hydroxyl groups is 1. The maximum atomic E-state index is 12.0. The standard InChI is InChI=1S/C12H9N3O3S/c13-8-9-3-5-10(6-4-9)19(17,18)15-12-11(16)2-1-7-14-12/h1-7,16H,(H,14,15). The summed E-state index contributed by atoms with van der Waals surface area (Å²) in [7, 11) is -3.84. The summed E-state index contributed by atoms with van der Waals surface area (Å²) in [4.78, 5) is 3.71. The van der Waals surface area contributed by atoms with Crippen LogP contribution < -0.4 is 4.72 Å². The third-order valence-electron chi connectivity index (χ3n) is 2.31. The van der Waals surface area contributed by atoms with Gasteiger partial charge >= 0.3 is 0 Å². The molecule has 1 aromatic heterocycles. The number of benzene rings is 1. The molecule has 2 aromatic rings. The number of hydrogen-bond acceptors (Lipinski definition) is 5. The van der Waals surface area contributed by atoms with Crippen molar-refractivity contribution in [1.82, 2.24) is 4.98 Å². The molecular weight excluding hydrogens is 266 g/mol. The zero-order valence-corrected chi connectivity index (χ0v) is 10.4. The van der Waals surface area contributed by atoms with E-state index in [1.165, 1.54) is 42.6 Å². The average Bonchev–Trinajstić information content (AvgIpc) is 2.41. The van der Waals surface area contributed by atoms with Crippen LogP contribution >= 0.6 is 0 Å². The van der Waals surface area contributed by atoms with Gasteiger partial charge in [0.05, 0.1) is 16.5 Å². The highest BCUT2D eigenvalue weighted by Gasteiger charge is 2.16. The molecule has 1 aromatic carbocycles. The molecule has 2 N–H and O–H groups in total. The third kappa shape index (κ3) is 2.81. The van der Waals surface area contributed by atoms with Gasteiger partial charge in [-0.2, -0.15) is 5.26 Å². The lowest BCUT2D eigenvalue weighted by molar-refractivity contribution is 0.475. The largest absolute Gasteiger partial charge is 0.504 e. The highest BCUT2D eigenvalue weighted by Crippen LogP contribution is 2.22.